The second-order valence-corrected chi connectivity index (χ2v) is 4.74. The third-order valence-corrected chi connectivity index (χ3v) is 3.03. The number of nitrogens with zero attached hydrogens (tertiary/aromatic N) is 3. The standard InChI is InChI=1S/C15H18N4O4/c1-4-23-14(20)9-19-8-13(17-18-19)16-15(21)11-5-6-12(22-3)10(2)7-11/h5-8H,4,9H2,1-3H3,(H,16,21). The summed E-state index contributed by atoms with van der Waals surface area (Å²) in [6.45, 7) is 3.82. The van der Waals surface area contributed by atoms with E-state index in [-0.39, 0.29) is 18.3 Å². The summed E-state index contributed by atoms with van der Waals surface area (Å²) in [7, 11) is 1.57. The van der Waals surface area contributed by atoms with E-state index in [9.17, 15) is 9.59 Å². The highest BCUT2D eigenvalue weighted by molar-refractivity contribution is 6.03. The number of hydrogen-bond donors (Lipinski definition) is 1. The molecule has 1 aromatic heterocycles. The Kier molecular flexibility index (Phi) is 5.29. The van der Waals surface area contributed by atoms with Crippen LogP contribution in [0.3, 0.4) is 0 Å². The van der Waals surface area contributed by atoms with Crippen molar-refractivity contribution in [2.24, 2.45) is 0 Å². The Bertz CT molecular complexity index is 711. The fraction of sp³-hybridized carbons (Fsp3) is 0.333. The Morgan fingerprint density at radius 1 is 1.35 bits per heavy atom. The van der Waals surface area contributed by atoms with Crippen LogP contribution in [0.5, 0.6) is 5.75 Å². The SMILES string of the molecule is CCOC(=O)Cn1cc(NC(=O)c2ccc(OC)c(C)c2)nn1. The van der Waals surface area contributed by atoms with Crippen LogP contribution in [0.15, 0.2) is 24.4 Å². The molecule has 8 nitrogen and oxygen atoms in total. The smallest absolute Gasteiger partial charge is 0.327 e. The maximum absolute atomic E-state index is 12.2. The van der Waals surface area contributed by atoms with Crippen LogP contribution in [0.25, 0.3) is 0 Å². The summed E-state index contributed by atoms with van der Waals surface area (Å²) < 4.78 is 11.3. The maximum Gasteiger partial charge on any atom is 0.327 e. The number of aromatic nitrogens is 3. The highest BCUT2D eigenvalue weighted by Crippen LogP contribution is 2.19. The predicted molar refractivity (Wildman–Crippen MR) is 82.3 cm³/mol. The molecule has 0 fully saturated rings. The molecule has 0 atom stereocenters. The maximum atomic E-state index is 12.2. The van der Waals surface area contributed by atoms with E-state index in [0.717, 1.165) is 5.56 Å². The lowest BCUT2D eigenvalue weighted by Gasteiger charge is -2.06. The Labute approximate surface area is 133 Å². The van der Waals surface area contributed by atoms with Crippen LogP contribution in [0.2, 0.25) is 0 Å². The zero-order valence-electron chi connectivity index (χ0n) is 13.2. The second kappa shape index (κ2) is 7.39. The van der Waals surface area contributed by atoms with Gasteiger partial charge >= 0.3 is 5.97 Å². The minimum Gasteiger partial charge on any atom is -0.496 e. The first-order valence-corrected chi connectivity index (χ1v) is 7.05. The Balaban J connectivity index is 2.02. The van der Waals surface area contributed by atoms with Gasteiger partial charge in [-0.3, -0.25) is 9.59 Å². The number of hydrogen-bond acceptors (Lipinski definition) is 6. The molecular formula is C15H18N4O4. The summed E-state index contributed by atoms with van der Waals surface area (Å²) in [5.74, 6) is 0.231. The number of carbonyl (C=O) groups is 2. The fourth-order valence-corrected chi connectivity index (χ4v) is 1.98. The minimum absolute atomic E-state index is 0.0572. The molecule has 1 heterocycles. The van der Waals surface area contributed by atoms with Crippen molar-refractivity contribution in [1.82, 2.24) is 15.0 Å². The molecule has 23 heavy (non-hydrogen) atoms. The molecule has 1 N–H and O–H groups in total. The molecule has 0 unspecified atom stereocenters. The molecule has 0 spiro atoms. The lowest BCUT2D eigenvalue weighted by atomic mass is 10.1. The van der Waals surface area contributed by atoms with Crippen LogP contribution in [0.1, 0.15) is 22.8 Å². The van der Waals surface area contributed by atoms with Crippen molar-refractivity contribution in [3.05, 3.63) is 35.5 Å². The van der Waals surface area contributed by atoms with Crippen molar-refractivity contribution in [3.8, 4) is 5.75 Å². The van der Waals surface area contributed by atoms with Crippen molar-refractivity contribution in [2.45, 2.75) is 20.4 Å². The zero-order chi connectivity index (χ0) is 16.8. The van der Waals surface area contributed by atoms with Crippen LogP contribution in [-0.4, -0.2) is 40.6 Å². The van der Waals surface area contributed by atoms with E-state index in [1.807, 2.05) is 6.92 Å². The summed E-state index contributed by atoms with van der Waals surface area (Å²) in [6, 6.07) is 5.10. The van der Waals surface area contributed by atoms with Crippen molar-refractivity contribution < 1.29 is 19.1 Å². The van der Waals surface area contributed by atoms with Crippen molar-refractivity contribution >= 4 is 17.7 Å². The number of methoxy groups -OCH3 is 1. The number of amides is 1. The zero-order valence-corrected chi connectivity index (χ0v) is 13.2. The summed E-state index contributed by atoms with van der Waals surface area (Å²) >= 11 is 0. The van der Waals surface area contributed by atoms with Gasteiger partial charge in [0.15, 0.2) is 5.82 Å². The van der Waals surface area contributed by atoms with Gasteiger partial charge in [-0.1, -0.05) is 5.21 Å². The first kappa shape index (κ1) is 16.5. The monoisotopic (exact) mass is 318 g/mol. The molecule has 2 rings (SSSR count). The third-order valence-electron chi connectivity index (χ3n) is 3.03. The highest BCUT2D eigenvalue weighted by atomic mass is 16.5. The lowest BCUT2D eigenvalue weighted by Crippen LogP contribution is -2.14. The van der Waals surface area contributed by atoms with Gasteiger partial charge in [0.2, 0.25) is 0 Å². The van der Waals surface area contributed by atoms with Gasteiger partial charge in [0.25, 0.3) is 5.91 Å². The normalized spacial score (nSPS) is 10.2. The van der Waals surface area contributed by atoms with Crippen LogP contribution >= 0.6 is 0 Å². The van der Waals surface area contributed by atoms with E-state index in [0.29, 0.717) is 17.9 Å². The van der Waals surface area contributed by atoms with Crippen molar-refractivity contribution in [2.75, 3.05) is 19.0 Å². The number of nitrogens with one attached hydrogen (secondary N) is 1. The number of ether oxygens (including phenoxy) is 2. The van der Waals surface area contributed by atoms with Crippen LogP contribution < -0.4 is 10.1 Å². The molecular weight excluding hydrogens is 300 g/mol. The first-order valence-electron chi connectivity index (χ1n) is 7.05. The van der Waals surface area contributed by atoms with Crippen molar-refractivity contribution in [3.63, 3.8) is 0 Å². The molecule has 0 aliphatic rings. The van der Waals surface area contributed by atoms with Gasteiger partial charge in [-0.05, 0) is 37.6 Å². The number of benzene rings is 1. The molecule has 0 aliphatic heterocycles. The van der Waals surface area contributed by atoms with Gasteiger partial charge in [0, 0.05) is 5.56 Å². The molecule has 122 valence electrons. The Hall–Kier alpha value is -2.90. The van der Waals surface area contributed by atoms with E-state index in [1.165, 1.54) is 10.9 Å². The van der Waals surface area contributed by atoms with Gasteiger partial charge in [-0.2, -0.15) is 0 Å². The summed E-state index contributed by atoms with van der Waals surface area (Å²) in [6.07, 6.45) is 1.46. The van der Waals surface area contributed by atoms with E-state index in [2.05, 4.69) is 15.6 Å². The fourth-order valence-electron chi connectivity index (χ4n) is 1.98. The number of carbonyl (C=O) groups excluding carboxylic acids is 2. The molecule has 0 radical (unpaired) electrons. The number of aryl methyl sites for hydroxylation is 1. The topological polar surface area (TPSA) is 95.3 Å². The van der Waals surface area contributed by atoms with E-state index >= 15 is 0 Å². The van der Waals surface area contributed by atoms with Gasteiger partial charge < -0.3 is 14.8 Å². The molecule has 0 aliphatic carbocycles. The molecule has 8 heteroatoms. The highest BCUT2D eigenvalue weighted by Gasteiger charge is 2.12. The quantitative estimate of drug-likeness (QED) is 0.809. The predicted octanol–water partition coefficient (Wildman–Crippen LogP) is 1.41. The van der Waals surface area contributed by atoms with E-state index in [4.69, 9.17) is 9.47 Å². The van der Waals surface area contributed by atoms with Gasteiger partial charge in [0.05, 0.1) is 19.9 Å². The number of esters is 1. The molecule has 2 aromatic rings. The Morgan fingerprint density at radius 3 is 2.78 bits per heavy atom. The molecule has 0 bridgehead atoms. The van der Waals surface area contributed by atoms with Gasteiger partial charge in [0.1, 0.15) is 12.3 Å². The second-order valence-electron chi connectivity index (χ2n) is 4.74. The molecule has 1 amide bonds. The third kappa shape index (κ3) is 4.29. The minimum atomic E-state index is -0.416. The molecule has 1 aromatic carbocycles. The molecule has 0 saturated carbocycles. The lowest BCUT2D eigenvalue weighted by molar-refractivity contribution is -0.144. The first-order chi connectivity index (χ1) is 11.0. The van der Waals surface area contributed by atoms with Crippen LogP contribution in [0.4, 0.5) is 5.82 Å². The van der Waals surface area contributed by atoms with E-state index in [1.54, 1.807) is 32.2 Å². The average molecular weight is 318 g/mol. The largest absolute Gasteiger partial charge is 0.496 e. The van der Waals surface area contributed by atoms with Gasteiger partial charge in [-0.15, -0.1) is 5.10 Å². The van der Waals surface area contributed by atoms with E-state index < -0.39 is 5.97 Å². The molecule has 0 saturated heterocycles. The van der Waals surface area contributed by atoms with Crippen LogP contribution in [0, 0.1) is 6.92 Å². The van der Waals surface area contributed by atoms with Crippen LogP contribution in [-0.2, 0) is 16.1 Å². The average Bonchev–Trinajstić information content (AvgIpc) is 2.94. The van der Waals surface area contributed by atoms with Gasteiger partial charge in [-0.25, -0.2) is 4.68 Å². The van der Waals surface area contributed by atoms with Crippen molar-refractivity contribution in [1.29, 1.82) is 0 Å². The number of rotatable bonds is 6. The number of anilines is 1. The summed E-state index contributed by atoms with van der Waals surface area (Å²) in [5.41, 5.74) is 1.33. The summed E-state index contributed by atoms with van der Waals surface area (Å²) in [4.78, 5) is 23.5. The Morgan fingerprint density at radius 2 is 2.13 bits per heavy atom. The summed E-state index contributed by atoms with van der Waals surface area (Å²) in [5, 5.41) is 10.2.